The van der Waals surface area contributed by atoms with Gasteiger partial charge >= 0.3 is 0 Å². The van der Waals surface area contributed by atoms with Crippen LogP contribution in [0.3, 0.4) is 0 Å². The van der Waals surface area contributed by atoms with E-state index in [-0.39, 0.29) is 11.7 Å². The largest absolute Gasteiger partial charge is 0.508 e. The SMILES string of the molecule is O=C(c1cccc(O)c1)N(CCCl)C1CCCCC1. The van der Waals surface area contributed by atoms with Gasteiger partial charge < -0.3 is 10.0 Å². The number of nitrogens with zero attached hydrogens (tertiary/aromatic N) is 1. The second kappa shape index (κ2) is 6.80. The molecule has 1 aromatic rings. The fraction of sp³-hybridized carbons (Fsp3) is 0.533. The summed E-state index contributed by atoms with van der Waals surface area (Å²) in [5.74, 6) is 0.546. The summed E-state index contributed by atoms with van der Waals surface area (Å²) in [6, 6.07) is 6.83. The highest BCUT2D eigenvalue weighted by Gasteiger charge is 2.25. The van der Waals surface area contributed by atoms with Crippen molar-refractivity contribution in [3.8, 4) is 5.75 Å². The van der Waals surface area contributed by atoms with Crippen LogP contribution in [-0.2, 0) is 0 Å². The maximum atomic E-state index is 12.5. The number of alkyl halides is 1. The molecule has 1 aliphatic carbocycles. The maximum Gasteiger partial charge on any atom is 0.254 e. The van der Waals surface area contributed by atoms with E-state index >= 15 is 0 Å². The average Bonchev–Trinajstić information content (AvgIpc) is 2.45. The van der Waals surface area contributed by atoms with Crippen LogP contribution < -0.4 is 0 Å². The van der Waals surface area contributed by atoms with Gasteiger partial charge in [-0.15, -0.1) is 11.6 Å². The summed E-state index contributed by atoms with van der Waals surface area (Å²) in [4.78, 5) is 14.4. The fourth-order valence-corrected chi connectivity index (χ4v) is 2.92. The number of halogens is 1. The Bertz CT molecular complexity index is 430. The van der Waals surface area contributed by atoms with Crippen LogP contribution in [0.4, 0.5) is 0 Å². The lowest BCUT2D eigenvalue weighted by Crippen LogP contribution is -2.42. The molecule has 1 amide bonds. The number of rotatable bonds is 4. The Kier molecular flexibility index (Phi) is 5.08. The predicted octanol–water partition coefficient (Wildman–Crippen LogP) is 3.41. The number of carbonyl (C=O) groups is 1. The molecule has 2 rings (SSSR count). The van der Waals surface area contributed by atoms with Crippen molar-refractivity contribution in [1.82, 2.24) is 4.90 Å². The molecular formula is C15H20ClNO2. The Labute approximate surface area is 119 Å². The Morgan fingerprint density at radius 1 is 1.32 bits per heavy atom. The minimum absolute atomic E-state index is 0.0246. The normalized spacial score (nSPS) is 16.3. The molecule has 1 aliphatic rings. The highest BCUT2D eigenvalue weighted by molar-refractivity contribution is 6.18. The van der Waals surface area contributed by atoms with Gasteiger partial charge in [0.25, 0.3) is 5.91 Å². The van der Waals surface area contributed by atoms with Crippen molar-refractivity contribution in [1.29, 1.82) is 0 Å². The second-order valence-electron chi connectivity index (χ2n) is 5.03. The fourth-order valence-electron chi connectivity index (χ4n) is 2.74. The number of phenols is 1. The lowest BCUT2D eigenvalue weighted by molar-refractivity contribution is 0.0649. The third kappa shape index (κ3) is 3.63. The van der Waals surface area contributed by atoms with Crippen molar-refractivity contribution in [2.45, 2.75) is 38.1 Å². The highest BCUT2D eigenvalue weighted by Crippen LogP contribution is 2.24. The minimum atomic E-state index is -0.0246. The summed E-state index contributed by atoms with van der Waals surface area (Å²) in [7, 11) is 0. The molecule has 4 heteroatoms. The Balaban J connectivity index is 2.15. The lowest BCUT2D eigenvalue weighted by Gasteiger charge is -2.34. The smallest absolute Gasteiger partial charge is 0.254 e. The van der Waals surface area contributed by atoms with Crippen LogP contribution >= 0.6 is 11.6 Å². The number of phenolic OH excluding ortho intramolecular Hbond substituents is 1. The van der Waals surface area contributed by atoms with Gasteiger partial charge in [-0.05, 0) is 31.0 Å². The Morgan fingerprint density at radius 2 is 2.05 bits per heavy atom. The Morgan fingerprint density at radius 3 is 2.68 bits per heavy atom. The van der Waals surface area contributed by atoms with Gasteiger partial charge in [0.2, 0.25) is 0 Å². The molecule has 19 heavy (non-hydrogen) atoms. The molecule has 0 saturated heterocycles. The quantitative estimate of drug-likeness (QED) is 0.859. The molecule has 0 spiro atoms. The van der Waals surface area contributed by atoms with E-state index in [2.05, 4.69) is 0 Å². The van der Waals surface area contributed by atoms with Crippen molar-refractivity contribution in [2.24, 2.45) is 0 Å². The van der Waals surface area contributed by atoms with Gasteiger partial charge in [0.05, 0.1) is 0 Å². The van der Waals surface area contributed by atoms with Gasteiger partial charge in [-0.2, -0.15) is 0 Å². The monoisotopic (exact) mass is 281 g/mol. The summed E-state index contributed by atoms with van der Waals surface area (Å²) < 4.78 is 0. The van der Waals surface area contributed by atoms with E-state index in [1.807, 2.05) is 4.90 Å². The topological polar surface area (TPSA) is 40.5 Å². The molecule has 0 atom stereocenters. The molecule has 104 valence electrons. The van der Waals surface area contributed by atoms with Crippen LogP contribution in [-0.4, -0.2) is 34.4 Å². The molecule has 1 aromatic carbocycles. The van der Waals surface area contributed by atoms with E-state index in [0.29, 0.717) is 24.0 Å². The van der Waals surface area contributed by atoms with Gasteiger partial charge in [-0.3, -0.25) is 4.79 Å². The van der Waals surface area contributed by atoms with Crippen LogP contribution in [0.2, 0.25) is 0 Å². The first kappa shape index (κ1) is 14.2. The summed E-state index contributed by atoms with van der Waals surface area (Å²) in [6.45, 7) is 0.570. The zero-order valence-electron chi connectivity index (χ0n) is 11.0. The van der Waals surface area contributed by atoms with E-state index in [0.717, 1.165) is 12.8 Å². The number of carbonyl (C=O) groups excluding carboxylic acids is 1. The van der Waals surface area contributed by atoms with E-state index in [1.165, 1.54) is 25.3 Å². The first-order chi connectivity index (χ1) is 9.22. The molecule has 1 saturated carbocycles. The van der Waals surface area contributed by atoms with E-state index < -0.39 is 0 Å². The zero-order valence-corrected chi connectivity index (χ0v) is 11.8. The third-order valence-corrected chi connectivity index (χ3v) is 3.86. The van der Waals surface area contributed by atoms with E-state index in [4.69, 9.17) is 11.6 Å². The summed E-state index contributed by atoms with van der Waals surface area (Å²) in [5, 5.41) is 9.49. The summed E-state index contributed by atoms with van der Waals surface area (Å²) in [5.41, 5.74) is 0.538. The molecule has 1 N–H and O–H groups in total. The molecule has 0 unspecified atom stereocenters. The zero-order chi connectivity index (χ0) is 13.7. The molecule has 1 fully saturated rings. The molecule has 3 nitrogen and oxygen atoms in total. The van der Waals surface area contributed by atoms with Gasteiger partial charge in [-0.25, -0.2) is 0 Å². The minimum Gasteiger partial charge on any atom is -0.508 e. The van der Waals surface area contributed by atoms with Crippen LogP contribution in [0, 0.1) is 0 Å². The van der Waals surface area contributed by atoms with Crippen LogP contribution in [0.15, 0.2) is 24.3 Å². The molecule has 0 bridgehead atoms. The predicted molar refractivity (Wildman–Crippen MR) is 76.7 cm³/mol. The van der Waals surface area contributed by atoms with Crippen molar-refractivity contribution in [2.75, 3.05) is 12.4 Å². The summed E-state index contributed by atoms with van der Waals surface area (Å²) in [6.07, 6.45) is 5.72. The number of hydrogen-bond donors (Lipinski definition) is 1. The third-order valence-electron chi connectivity index (χ3n) is 3.69. The summed E-state index contributed by atoms with van der Waals surface area (Å²) >= 11 is 5.84. The molecule has 0 aliphatic heterocycles. The van der Waals surface area contributed by atoms with Crippen LogP contribution in [0.1, 0.15) is 42.5 Å². The van der Waals surface area contributed by atoms with Gasteiger partial charge in [0.1, 0.15) is 5.75 Å². The first-order valence-corrected chi connectivity index (χ1v) is 7.42. The first-order valence-electron chi connectivity index (χ1n) is 6.88. The standard InChI is InChI=1S/C15H20ClNO2/c16-9-10-17(13-6-2-1-3-7-13)15(19)12-5-4-8-14(18)11-12/h4-5,8,11,13,18H,1-3,6-7,9-10H2. The van der Waals surface area contributed by atoms with E-state index in [1.54, 1.807) is 18.2 Å². The van der Waals surface area contributed by atoms with Crippen molar-refractivity contribution in [3.63, 3.8) is 0 Å². The second-order valence-corrected chi connectivity index (χ2v) is 5.41. The molecule has 0 radical (unpaired) electrons. The highest BCUT2D eigenvalue weighted by atomic mass is 35.5. The molecular weight excluding hydrogens is 262 g/mol. The number of amides is 1. The number of aromatic hydroxyl groups is 1. The van der Waals surface area contributed by atoms with Crippen LogP contribution in [0.25, 0.3) is 0 Å². The van der Waals surface area contributed by atoms with Gasteiger partial charge in [0.15, 0.2) is 0 Å². The maximum absolute atomic E-state index is 12.5. The van der Waals surface area contributed by atoms with Crippen molar-refractivity contribution >= 4 is 17.5 Å². The average molecular weight is 282 g/mol. The van der Waals surface area contributed by atoms with Crippen molar-refractivity contribution < 1.29 is 9.90 Å². The van der Waals surface area contributed by atoms with Gasteiger partial charge in [-0.1, -0.05) is 25.3 Å². The van der Waals surface area contributed by atoms with Crippen molar-refractivity contribution in [3.05, 3.63) is 29.8 Å². The molecule has 0 heterocycles. The van der Waals surface area contributed by atoms with E-state index in [9.17, 15) is 9.90 Å². The van der Waals surface area contributed by atoms with Crippen LogP contribution in [0.5, 0.6) is 5.75 Å². The Hall–Kier alpha value is -1.22. The number of benzene rings is 1. The lowest BCUT2D eigenvalue weighted by atomic mass is 9.93. The molecule has 0 aromatic heterocycles. The number of hydrogen-bond acceptors (Lipinski definition) is 2. The van der Waals surface area contributed by atoms with Gasteiger partial charge in [0, 0.05) is 24.0 Å².